The molecular weight excluding hydrogens is 367 g/mol. The van der Waals surface area contributed by atoms with Gasteiger partial charge < -0.3 is 4.42 Å². The molecule has 2 aromatic carbocycles. The summed E-state index contributed by atoms with van der Waals surface area (Å²) in [7, 11) is -4.01. The second-order valence-electron chi connectivity index (χ2n) is 5.87. The lowest BCUT2D eigenvalue weighted by Gasteiger charge is -2.24. The van der Waals surface area contributed by atoms with E-state index in [1.807, 2.05) is 0 Å². The number of furan rings is 1. The first-order valence-electron chi connectivity index (χ1n) is 8.21. The molecule has 0 aliphatic rings. The van der Waals surface area contributed by atoms with E-state index in [9.17, 15) is 12.8 Å². The van der Waals surface area contributed by atoms with Crippen LogP contribution in [0.25, 0.3) is 10.9 Å². The second kappa shape index (κ2) is 6.85. The topological polar surface area (TPSA) is 63.4 Å². The van der Waals surface area contributed by atoms with Gasteiger partial charge >= 0.3 is 0 Å². The lowest BCUT2D eigenvalue weighted by Crippen LogP contribution is -2.30. The Morgan fingerprint density at radius 1 is 0.963 bits per heavy atom. The average Bonchev–Trinajstić information content (AvgIpc) is 3.20. The predicted octanol–water partition coefficient (Wildman–Crippen LogP) is 4.36. The minimum absolute atomic E-state index is 0.0117. The molecular formula is C20H15FN2O3S. The molecule has 0 aliphatic heterocycles. The summed E-state index contributed by atoms with van der Waals surface area (Å²) < 4.78 is 47.7. The Labute approximate surface area is 155 Å². The number of aromatic nitrogens is 1. The maximum Gasteiger partial charge on any atom is 0.265 e. The van der Waals surface area contributed by atoms with Crippen molar-refractivity contribution in [1.82, 2.24) is 4.98 Å². The van der Waals surface area contributed by atoms with Crippen molar-refractivity contribution in [2.75, 3.05) is 4.31 Å². The monoisotopic (exact) mass is 382 g/mol. The van der Waals surface area contributed by atoms with Gasteiger partial charge in [-0.3, -0.25) is 9.29 Å². The fourth-order valence-electron chi connectivity index (χ4n) is 2.91. The van der Waals surface area contributed by atoms with Crippen LogP contribution in [0.3, 0.4) is 0 Å². The molecule has 0 bridgehead atoms. The Balaban J connectivity index is 1.90. The van der Waals surface area contributed by atoms with Gasteiger partial charge in [-0.25, -0.2) is 12.8 Å². The fraction of sp³-hybridized carbons (Fsp3) is 0.0500. The van der Waals surface area contributed by atoms with E-state index in [1.54, 1.807) is 54.6 Å². The highest BCUT2D eigenvalue weighted by Gasteiger charge is 2.28. The van der Waals surface area contributed by atoms with Crippen LogP contribution in [0.15, 0.2) is 88.5 Å². The first-order chi connectivity index (χ1) is 13.1. The quantitative estimate of drug-likeness (QED) is 0.514. The molecule has 0 spiro atoms. The van der Waals surface area contributed by atoms with Gasteiger partial charge in [-0.05, 0) is 48.5 Å². The summed E-state index contributed by atoms with van der Waals surface area (Å²) in [6.07, 6.45) is 2.92. The highest BCUT2D eigenvalue weighted by atomic mass is 32.2. The minimum atomic E-state index is -4.01. The van der Waals surface area contributed by atoms with E-state index in [0.29, 0.717) is 11.4 Å². The number of fused-ring (bicyclic) bond motifs is 1. The van der Waals surface area contributed by atoms with Gasteiger partial charge in [0.1, 0.15) is 17.1 Å². The number of anilines is 1. The van der Waals surface area contributed by atoms with Gasteiger partial charge in [0.15, 0.2) is 0 Å². The maximum absolute atomic E-state index is 14.1. The molecule has 7 heteroatoms. The smallest absolute Gasteiger partial charge is 0.265 e. The normalized spacial score (nSPS) is 11.6. The van der Waals surface area contributed by atoms with Crippen LogP contribution in [-0.4, -0.2) is 13.4 Å². The Kier molecular flexibility index (Phi) is 4.37. The molecule has 0 saturated heterocycles. The number of hydrogen-bond acceptors (Lipinski definition) is 4. The second-order valence-corrected chi connectivity index (χ2v) is 7.70. The number of pyridine rings is 1. The van der Waals surface area contributed by atoms with Crippen molar-refractivity contribution < 1.29 is 17.2 Å². The van der Waals surface area contributed by atoms with Gasteiger partial charge in [-0.15, -0.1) is 0 Å². The number of halogens is 1. The fourth-order valence-corrected chi connectivity index (χ4v) is 4.53. The number of sulfonamides is 1. The molecule has 2 aromatic heterocycles. The first-order valence-corrected chi connectivity index (χ1v) is 9.65. The first kappa shape index (κ1) is 17.2. The summed E-state index contributed by atoms with van der Waals surface area (Å²) in [5, 5.41) is 0.234. The standard InChI is InChI=1S/C20H15FN2O3S/c21-18-10-11-19(17-9-4-12-22-20(17)18)27(24,25)23(14-16-8-5-13-26-16)15-6-2-1-3-7-15/h1-13H,14H2. The van der Waals surface area contributed by atoms with E-state index in [4.69, 9.17) is 4.42 Å². The summed E-state index contributed by atoms with van der Waals surface area (Å²) in [5.74, 6) is -0.0752. The molecule has 0 N–H and O–H groups in total. The van der Waals surface area contributed by atoms with E-state index >= 15 is 0 Å². The van der Waals surface area contributed by atoms with Crippen LogP contribution < -0.4 is 4.31 Å². The van der Waals surface area contributed by atoms with E-state index in [2.05, 4.69) is 4.98 Å². The van der Waals surface area contributed by atoms with Crippen LogP contribution in [-0.2, 0) is 16.6 Å². The SMILES string of the molecule is O=S(=O)(c1ccc(F)c2ncccc12)N(Cc1ccco1)c1ccccc1. The van der Waals surface area contributed by atoms with Crippen LogP contribution in [0.4, 0.5) is 10.1 Å². The van der Waals surface area contributed by atoms with E-state index in [0.717, 1.165) is 6.07 Å². The van der Waals surface area contributed by atoms with Gasteiger partial charge in [0.05, 0.1) is 23.4 Å². The van der Waals surface area contributed by atoms with Crippen molar-refractivity contribution in [3.63, 3.8) is 0 Å². The predicted molar refractivity (Wildman–Crippen MR) is 100 cm³/mol. The third-order valence-electron chi connectivity index (χ3n) is 4.17. The van der Waals surface area contributed by atoms with E-state index < -0.39 is 15.8 Å². The van der Waals surface area contributed by atoms with Crippen LogP contribution in [0, 0.1) is 5.82 Å². The maximum atomic E-state index is 14.1. The zero-order chi connectivity index (χ0) is 18.9. The number of hydrogen-bond donors (Lipinski definition) is 0. The lowest BCUT2D eigenvalue weighted by molar-refractivity contribution is 0.508. The van der Waals surface area contributed by atoms with Crippen LogP contribution in [0.2, 0.25) is 0 Å². The van der Waals surface area contributed by atoms with Gasteiger partial charge in [-0.1, -0.05) is 18.2 Å². The molecule has 0 fully saturated rings. The summed E-state index contributed by atoms with van der Waals surface area (Å²) >= 11 is 0. The molecule has 4 rings (SSSR count). The molecule has 0 unspecified atom stereocenters. The molecule has 2 heterocycles. The van der Waals surface area contributed by atoms with Gasteiger partial charge in [-0.2, -0.15) is 0 Å². The lowest BCUT2D eigenvalue weighted by atomic mass is 10.2. The number of rotatable bonds is 5. The zero-order valence-corrected chi connectivity index (χ0v) is 14.9. The Hall–Kier alpha value is -3.19. The summed E-state index contributed by atoms with van der Waals surface area (Å²) in [5.41, 5.74) is 0.500. The molecule has 5 nitrogen and oxygen atoms in total. The van der Waals surface area contributed by atoms with Crippen molar-refractivity contribution in [3.05, 3.63) is 90.8 Å². The summed E-state index contributed by atoms with van der Waals surface area (Å²) in [6, 6.07) is 17.6. The molecule has 0 amide bonds. The number of benzene rings is 2. The highest BCUT2D eigenvalue weighted by molar-refractivity contribution is 7.93. The van der Waals surface area contributed by atoms with Crippen molar-refractivity contribution in [2.45, 2.75) is 11.4 Å². The van der Waals surface area contributed by atoms with Gasteiger partial charge in [0, 0.05) is 11.6 Å². The summed E-state index contributed by atoms with van der Waals surface area (Å²) in [6.45, 7) is 0.0124. The minimum Gasteiger partial charge on any atom is -0.467 e. The Morgan fingerprint density at radius 2 is 1.78 bits per heavy atom. The molecule has 0 aliphatic carbocycles. The molecule has 4 aromatic rings. The van der Waals surface area contributed by atoms with Crippen molar-refractivity contribution in [2.24, 2.45) is 0 Å². The van der Waals surface area contributed by atoms with Gasteiger partial charge in [0.25, 0.3) is 10.0 Å². The Morgan fingerprint density at radius 3 is 2.52 bits per heavy atom. The van der Waals surface area contributed by atoms with E-state index in [1.165, 1.54) is 22.8 Å². The largest absolute Gasteiger partial charge is 0.467 e. The molecule has 0 radical (unpaired) electrons. The highest BCUT2D eigenvalue weighted by Crippen LogP contribution is 2.30. The average molecular weight is 382 g/mol. The molecule has 0 saturated carbocycles. The van der Waals surface area contributed by atoms with Crippen LogP contribution >= 0.6 is 0 Å². The Bertz CT molecular complexity index is 1180. The van der Waals surface area contributed by atoms with Crippen LogP contribution in [0.1, 0.15) is 5.76 Å². The summed E-state index contributed by atoms with van der Waals surface area (Å²) in [4.78, 5) is 3.97. The zero-order valence-electron chi connectivity index (χ0n) is 14.1. The van der Waals surface area contributed by atoms with Crippen LogP contribution in [0.5, 0.6) is 0 Å². The molecule has 136 valence electrons. The third-order valence-corrected chi connectivity index (χ3v) is 6.00. The molecule has 0 atom stereocenters. The van der Waals surface area contributed by atoms with Gasteiger partial charge in [0.2, 0.25) is 0 Å². The van der Waals surface area contributed by atoms with Crippen molar-refractivity contribution in [3.8, 4) is 0 Å². The molecule has 27 heavy (non-hydrogen) atoms. The van der Waals surface area contributed by atoms with Crippen molar-refractivity contribution in [1.29, 1.82) is 0 Å². The van der Waals surface area contributed by atoms with Crippen molar-refractivity contribution >= 4 is 26.6 Å². The number of nitrogens with zero attached hydrogens (tertiary/aromatic N) is 2. The number of para-hydroxylation sites is 1. The van der Waals surface area contributed by atoms with E-state index in [-0.39, 0.29) is 22.3 Å². The third kappa shape index (κ3) is 3.17.